The molecule has 1 aromatic rings. The minimum atomic E-state index is -2.88. The first-order chi connectivity index (χ1) is 11.5. The highest BCUT2D eigenvalue weighted by Crippen LogP contribution is 2.25. The molecule has 0 radical (unpaired) electrons. The van der Waals surface area contributed by atoms with Crippen LogP contribution in [-0.4, -0.2) is 58.3 Å². The summed E-state index contributed by atoms with van der Waals surface area (Å²) in [6.45, 7) is 2.05. The number of aliphatic imine (C=N–C) groups is 1. The van der Waals surface area contributed by atoms with E-state index in [0.29, 0.717) is 17.3 Å². The number of likely N-dealkylation sites (N-methyl/N-ethyl adjacent to an activating group) is 1. The Balaban J connectivity index is 0.00000576. The summed E-state index contributed by atoms with van der Waals surface area (Å²) in [5.74, 6) is 1.27. The average Bonchev–Trinajstić information content (AvgIpc) is 2.58. The molecule has 144 valence electrons. The van der Waals surface area contributed by atoms with E-state index in [0.717, 1.165) is 19.6 Å². The lowest BCUT2D eigenvalue weighted by Crippen LogP contribution is -2.40. The number of ether oxygens (including phenoxy) is 2. The van der Waals surface area contributed by atoms with Gasteiger partial charge in [-0.15, -0.1) is 24.0 Å². The quantitative estimate of drug-likeness (QED) is 0.329. The number of rotatable bonds is 9. The molecule has 2 N–H and O–H groups in total. The smallest absolute Gasteiger partial charge is 0.387 e. The molecular weight excluding hydrogens is 445 g/mol. The Bertz CT molecular complexity index is 533. The standard InChI is InChI=1S/C16H26F2N4O2.HI/c1-5-22(3)9-8-20-16(19-2)21-11-12-10-13(23-4)6-7-14(12)24-15(17)18;/h6-7,10,15H,5,8-9,11H2,1-4H3,(H2,19,20,21);1H. The zero-order valence-corrected chi connectivity index (χ0v) is 17.3. The van der Waals surface area contributed by atoms with Crippen LogP contribution in [0, 0.1) is 0 Å². The van der Waals surface area contributed by atoms with Crippen LogP contribution in [0.25, 0.3) is 0 Å². The number of hydrogen-bond acceptors (Lipinski definition) is 4. The van der Waals surface area contributed by atoms with Crippen molar-refractivity contribution in [3.05, 3.63) is 23.8 Å². The van der Waals surface area contributed by atoms with Crippen LogP contribution in [0.2, 0.25) is 0 Å². The minimum absolute atomic E-state index is 0. The molecule has 0 unspecified atom stereocenters. The summed E-state index contributed by atoms with van der Waals surface area (Å²) >= 11 is 0. The molecule has 0 aliphatic rings. The first-order valence-electron chi connectivity index (χ1n) is 7.74. The average molecular weight is 472 g/mol. The van der Waals surface area contributed by atoms with E-state index < -0.39 is 6.61 Å². The molecule has 1 rings (SSSR count). The van der Waals surface area contributed by atoms with Gasteiger partial charge in [-0.1, -0.05) is 6.92 Å². The number of halogens is 3. The summed E-state index contributed by atoms with van der Waals surface area (Å²) in [4.78, 5) is 6.28. The van der Waals surface area contributed by atoms with Crippen LogP contribution in [0.3, 0.4) is 0 Å². The van der Waals surface area contributed by atoms with Gasteiger partial charge in [-0.2, -0.15) is 8.78 Å². The van der Waals surface area contributed by atoms with E-state index in [9.17, 15) is 8.78 Å². The molecule has 0 saturated carbocycles. The summed E-state index contributed by atoms with van der Waals surface area (Å²) in [7, 11) is 5.20. The minimum Gasteiger partial charge on any atom is -0.497 e. The number of guanidine groups is 1. The van der Waals surface area contributed by atoms with Crippen molar-refractivity contribution in [1.82, 2.24) is 15.5 Å². The molecule has 0 aromatic heterocycles. The molecule has 0 bridgehead atoms. The molecule has 0 amide bonds. The Labute approximate surface area is 165 Å². The molecule has 0 heterocycles. The largest absolute Gasteiger partial charge is 0.497 e. The zero-order valence-electron chi connectivity index (χ0n) is 15.0. The maximum absolute atomic E-state index is 12.5. The number of hydrogen-bond donors (Lipinski definition) is 2. The Kier molecular flexibility index (Phi) is 12.2. The van der Waals surface area contributed by atoms with E-state index in [4.69, 9.17) is 4.74 Å². The van der Waals surface area contributed by atoms with Gasteiger partial charge in [0.05, 0.1) is 7.11 Å². The highest BCUT2D eigenvalue weighted by atomic mass is 127. The van der Waals surface area contributed by atoms with Crippen molar-refractivity contribution >= 4 is 29.9 Å². The summed E-state index contributed by atoms with van der Waals surface area (Å²) in [5, 5.41) is 6.25. The van der Waals surface area contributed by atoms with Crippen LogP contribution in [0.4, 0.5) is 8.78 Å². The third kappa shape index (κ3) is 9.05. The molecule has 6 nitrogen and oxygen atoms in total. The van der Waals surface area contributed by atoms with Crippen LogP contribution >= 0.6 is 24.0 Å². The normalized spacial score (nSPS) is 11.3. The van der Waals surface area contributed by atoms with E-state index in [-0.39, 0.29) is 36.3 Å². The van der Waals surface area contributed by atoms with Gasteiger partial charge in [0.1, 0.15) is 11.5 Å². The number of nitrogens with one attached hydrogen (secondary N) is 2. The fourth-order valence-electron chi connectivity index (χ4n) is 1.95. The second-order valence-corrected chi connectivity index (χ2v) is 5.10. The molecule has 9 heteroatoms. The lowest BCUT2D eigenvalue weighted by atomic mass is 10.2. The van der Waals surface area contributed by atoms with Gasteiger partial charge >= 0.3 is 6.61 Å². The van der Waals surface area contributed by atoms with E-state index in [2.05, 4.69) is 32.2 Å². The Hall–Kier alpha value is -1.36. The lowest BCUT2D eigenvalue weighted by Gasteiger charge is -2.17. The maximum Gasteiger partial charge on any atom is 0.387 e. The van der Waals surface area contributed by atoms with Gasteiger partial charge in [0.15, 0.2) is 5.96 Å². The van der Waals surface area contributed by atoms with E-state index in [1.165, 1.54) is 13.2 Å². The van der Waals surface area contributed by atoms with Crippen LogP contribution in [0.15, 0.2) is 23.2 Å². The van der Waals surface area contributed by atoms with Crippen LogP contribution in [-0.2, 0) is 6.54 Å². The van der Waals surface area contributed by atoms with Crippen LogP contribution in [0.1, 0.15) is 12.5 Å². The fourth-order valence-corrected chi connectivity index (χ4v) is 1.95. The molecule has 1 aromatic carbocycles. The van der Waals surface area contributed by atoms with Crippen molar-refractivity contribution in [3.8, 4) is 11.5 Å². The van der Waals surface area contributed by atoms with Crippen molar-refractivity contribution < 1.29 is 18.3 Å². The maximum atomic E-state index is 12.5. The molecule has 25 heavy (non-hydrogen) atoms. The number of methoxy groups -OCH3 is 1. The van der Waals surface area contributed by atoms with Gasteiger partial charge in [0.2, 0.25) is 0 Å². The SMILES string of the molecule is CCN(C)CCNC(=NC)NCc1cc(OC)ccc1OC(F)F.I. The van der Waals surface area contributed by atoms with Gasteiger partial charge in [-0.3, -0.25) is 4.99 Å². The third-order valence-corrected chi connectivity index (χ3v) is 3.48. The van der Waals surface area contributed by atoms with E-state index in [1.807, 2.05) is 7.05 Å². The van der Waals surface area contributed by atoms with Crippen molar-refractivity contribution in [2.45, 2.75) is 20.1 Å². The topological polar surface area (TPSA) is 58.1 Å². The first-order valence-corrected chi connectivity index (χ1v) is 7.74. The highest BCUT2D eigenvalue weighted by molar-refractivity contribution is 14.0. The van der Waals surface area contributed by atoms with Crippen LogP contribution < -0.4 is 20.1 Å². The molecular formula is C16H27F2IN4O2. The van der Waals surface area contributed by atoms with Crippen molar-refractivity contribution in [1.29, 1.82) is 0 Å². The van der Waals surface area contributed by atoms with Gasteiger partial charge in [0.25, 0.3) is 0 Å². The molecule has 0 fully saturated rings. The lowest BCUT2D eigenvalue weighted by molar-refractivity contribution is -0.0504. The second kappa shape index (κ2) is 12.9. The second-order valence-electron chi connectivity index (χ2n) is 5.10. The Morgan fingerprint density at radius 2 is 2.04 bits per heavy atom. The van der Waals surface area contributed by atoms with Crippen LogP contribution in [0.5, 0.6) is 11.5 Å². The predicted molar refractivity (Wildman–Crippen MR) is 106 cm³/mol. The summed E-state index contributed by atoms with van der Waals surface area (Å²) in [6, 6.07) is 4.70. The first kappa shape index (κ1) is 23.6. The van der Waals surface area contributed by atoms with Crippen molar-refractivity contribution in [3.63, 3.8) is 0 Å². The van der Waals surface area contributed by atoms with Gasteiger partial charge in [0, 0.05) is 32.2 Å². The van der Waals surface area contributed by atoms with Gasteiger partial charge < -0.3 is 25.0 Å². The molecule has 0 aliphatic heterocycles. The molecule has 0 aliphatic carbocycles. The van der Waals surface area contributed by atoms with Crippen molar-refractivity contribution in [2.24, 2.45) is 4.99 Å². The summed E-state index contributed by atoms with van der Waals surface area (Å²) in [5.41, 5.74) is 0.559. The number of nitrogens with zero attached hydrogens (tertiary/aromatic N) is 2. The Morgan fingerprint density at radius 1 is 1.32 bits per heavy atom. The fraction of sp³-hybridized carbons (Fsp3) is 0.562. The van der Waals surface area contributed by atoms with Gasteiger partial charge in [-0.25, -0.2) is 0 Å². The van der Waals surface area contributed by atoms with E-state index >= 15 is 0 Å². The summed E-state index contributed by atoms with van der Waals surface area (Å²) in [6.07, 6.45) is 0. The van der Waals surface area contributed by atoms with Crippen molar-refractivity contribution in [2.75, 3.05) is 40.8 Å². The van der Waals surface area contributed by atoms with E-state index in [1.54, 1.807) is 19.2 Å². The molecule has 0 saturated heterocycles. The summed E-state index contributed by atoms with van der Waals surface area (Å²) < 4.78 is 34.7. The molecule has 0 spiro atoms. The Morgan fingerprint density at radius 3 is 2.60 bits per heavy atom. The number of benzene rings is 1. The third-order valence-electron chi connectivity index (χ3n) is 3.48. The predicted octanol–water partition coefficient (Wildman–Crippen LogP) is 2.53. The highest BCUT2D eigenvalue weighted by Gasteiger charge is 2.11. The molecule has 0 atom stereocenters. The van der Waals surface area contributed by atoms with Gasteiger partial charge in [-0.05, 0) is 31.8 Å². The monoisotopic (exact) mass is 472 g/mol. The zero-order chi connectivity index (χ0) is 17.9. The number of alkyl halides is 2.